The van der Waals surface area contributed by atoms with Gasteiger partial charge < -0.3 is 20.3 Å². The highest BCUT2D eigenvalue weighted by molar-refractivity contribution is 7.17. The highest BCUT2D eigenvalue weighted by atomic mass is 32.1. The third kappa shape index (κ3) is 4.38. The fourth-order valence-electron chi connectivity index (χ4n) is 3.69. The fraction of sp³-hybridized carbons (Fsp3) is 0.409. The summed E-state index contributed by atoms with van der Waals surface area (Å²) in [5, 5.41) is 15.4. The molecule has 0 unspecified atom stereocenters. The molecule has 2 aromatic rings. The molecule has 0 radical (unpaired) electrons. The Morgan fingerprint density at radius 2 is 2.23 bits per heavy atom. The molecule has 2 aliphatic heterocycles. The summed E-state index contributed by atoms with van der Waals surface area (Å²) in [4.78, 5) is 28.1. The molecule has 0 bridgehead atoms. The predicted octanol–water partition coefficient (Wildman–Crippen LogP) is 1.93. The average Bonchev–Trinajstić information content (AvgIpc) is 3.12. The van der Waals surface area contributed by atoms with E-state index in [0.29, 0.717) is 26.1 Å². The van der Waals surface area contributed by atoms with Gasteiger partial charge in [-0.2, -0.15) is 5.26 Å². The predicted molar refractivity (Wildman–Crippen MR) is 114 cm³/mol. The number of nitrogens with zero attached hydrogens (tertiary/aromatic N) is 2. The number of carbonyl (C=O) groups excluding carboxylic acids is 2. The normalized spacial score (nSPS) is 19.7. The van der Waals surface area contributed by atoms with Crippen molar-refractivity contribution in [3.63, 3.8) is 0 Å². The lowest BCUT2D eigenvalue weighted by Gasteiger charge is -2.18. The topological polar surface area (TPSA) is 94.5 Å². The highest BCUT2D eigenvalue weighted by Gasteiger charge is 2.27. The molecule has 2 aliphatic rings. The van der Waals surface area contributed by atoms with E-state index in [-0.39, 0.29) is 11.8 Å². The van der Waals surface area contributed by atoms with Crippen LogP contribution in [0.1, 0.15) is 27.2 Å². The zero-order valence-corrected chi connectivity index (χ0v) is 17.6. The minimum absolute atomic E-state index is 0.0818. The standard InChI is InChI=1S/C22H24N4O3S/c1-26-13-16-10-19(30-20(16)22(26)28)15-5-3-14(4-6-15)9-17(11-23)25-21(27)18-12-24-7-2-8-29-18/h3-6,10,17-18,24H,2,7-9,12-13H2,1H3,(H,25,27)/t17-,18-/m0/s1. The largest absolute Gasteiger partial charge is 0.367 e. The van der Waals surface area contributed by atoms with Crippen molar-refractivity contribution in [2.24, 2.45) is 0 Å². The van der Waals surface area contributed by atoms with Crippen molar-refractivity contribution in [3.8, 4) is 16.5 Å². The van der Waals surface area contributed by atoms with Crippen LogP contribution in [-0.4, -0.2) is 55.6 Å². The van der Waals surface area contributed by atoms with Crippen LogP contribution in [0.25, 0.3) is 10.4 Å². The third-order valence-corrected chi connectivity index (χ3v) is 6.56. The number of nitriles is 1. The van der Waals surface area contributed by atoms with E-state index in [1.54, 1.807) is 4.90 Å². The molecule has 8 heteroatoms. The van der Waals surface area contributed by atoms with E-state index in [2.05, 4.69) is 22.8 Å². The van der Waals surface area contributed by atoms with Crippen LogP contribution in [0.15, 0.2) is 30.3 Å². The monoisotopic (exact) mass is 424 g/mol. The molecule has 4 rings (SSSR count). The van der Waals surface area contributed by atoms with Gasteiger partial charge in [0.2, 0.25) is 0 Å². The van der Waals surface area contributed by atoms with Crippen molar-refractivity contribution in [1.29, 1.82) is 5.26 Å². The van der Waals surface area contributed by atoms with E-state index in [0.717, 1.165) is 39.4 Å². The number of carbonyl (C=O) groups is 2. The number of rotatable bonds is 5. The molecule has 2 N–H and O–H groups in total. The minimum atomic E-state index is -0.617. The number of fused-ring (bicyclic) bond motifs is 1. The van der Waals surface area contributed by atoms with Crippen LogP contribution in [0.4, 0.5) is 0 Å². The van der Waals surface area contributed by atoms with Crippen molar-refractivity contribution >= 4 is 23.2 Å². The summed E-state index contributed by atoms with van der Waals surface area (Å²) in [6.45, 7) is 2.49. The molecule has 1 fully saturated rings. The number of thiophene rings is 1. The Hall–Kier alpha value is -2.73. The van der Waals surface area contributed by atoms with Crippen LogP contribution in [0.2, 0.25) is 0 Å². The molecule has 2 amide bonds. The lowest BCUT2D eigenvalue weighted by Crippen LogP contribution is -2.46. The Bertz CT molecular complexity index is 971. The second-order valence-electron chi connectivity index (χ2n) is 7.63. The number of nitrogens with one attached hydrogen (secondary N) is 2. The first-order valence-corrected chi connectivity index (χ1v) is 10.9. The second kappa shape index (κ2) is 8.96. The molecular formula is C22H24N4O3S. The van der Waals surface area contributed by atoms with Gasteiger partial charge in [0.1, 0.15) is 12.1 Å². The van der Waals surface area contributed by atoms with Crippen molar-refractivity contribution in [1.82, 2.24) is 15.5 Å². The Morgan fingerprint density at radius 3 is 2.97 bits per heavy atom. The molecule has 3 heterocycles. The smallest absolute Gasteiger partial charge is 0.264 e. The van der Waals surface area contributed by atoms with Crippen molar-refractivity contribution in [2.45, 2.75) is 31.5 Å². The van der Waals surface area contributed by atoms with Gasteiger partial charge in [-0.05, 0) is 35.7 Å². The summed E-state index contributed by atoms with van der Waals surface area (Å²) in [6.07, 6.45) is 0.733. The zero-order valence-electron chi connectivity index (χ0n) is 16.8. The summed E-state index contributed by atoms with van der Waals surface area (Å²) >= 11 is 1.52. The van der Waals surface area contributed by atoms with Gasteiger partial charge in [-0.3, -0.25) is 9.59 Å². The van der Waals surface area contributed by atoms with Crippen molar-refractivity contribution in [2.75, 3.05) is 26.7 Å². The Balaban J connectivity index is 1.38. The van der Waals surface area contributed by atoms with Gasteiger partial charge in [-0.25, -0.2) is 0 Å². The first-order chi connectivity index (χ1) is 14.5. The van der Waals surface area contributed by atoms with Crippen LogP contribution in [-0.2, 0) is 22.5 Å². The number of hydrogen-bond donors (Lipinski definition) is 2. The Kier molecular flexibility index (Phi) is 6.13. The second-order valence-corrected chi connectivity index (χ2v) is 8.69. The maximum absolute atomic E-state index is 12.4. The third-order valence-electron chi connectivity index (χ3n) is 5.35. The van der Waals surface area contributed by atoms with Gasteiger partial charge in [-0.15, -0.1) is 11.3 Å². The lowest BCUT2D eigenvalue weighted by atomic mass is 10.0. The maximum atomic E-state index is 12.4. The Morgan fingerprint density at radius 1 is 1.43 bits per heavy atom. The van der Waals surface area contributed by atoms with E-state index in [1.807, 2.05) is 31.3 Å². The molecule has 1 saturated heterocycles. The van der Waals surface area contributed by atoms with Gasteiger partial charge in [0.15, 0.2) is 0 Å². The van der Waals surface area contributed by atoms with Gasteiger partial charge in [0, 0.05) is 38.0 Å². The van der Waals surface area contributed by atoms with Gasteiger partial charge >= 0.3 is 0 Å². The number of benzene rings is 1. The van der Waals surface area contributed by atoms with E-state index in [4.69, 9.17) is 4.74 Å². The first-order valence-electron chi connectivity index (χ1n) is 10.0. The molecule has 156 valence electrons. The number of hydrogen-bond acceptors (Lipinski definition) is 6. The van der Waals surface area contributed by atoms with Gasteiger partial charge in [0.05, 0.1) is 10.9 Å². The maximum Gasteiger partial charge on any atom is 0.264 e. The molecule has 1 aromatic carbocycles. The molecule has 0 saturated carbocycles. The average molecular weight is 425 g/mol. The van der Waals surface area contributed by atoms with Gasteiger partial charge in [-0.1, -0.05) is 24.3 Å². The SMILES string of the molecule is CN1Cc2cc(-c3ccc(C[C@@H](C#N)NC(=O)[C@@H]4CNCCCO4)cc3)sc2C1=O. The summed E-state index contributed by atoms with van der Waals surface area (Å²) < 4.78 is 5.56. The molecule has 0 spiro atoms. The molecule has 30 heavy (non-hydrogen) atoms. The van der Waals surface area contributed by atoms with E-state index >= 15 is 0 Å². The molecule has 1 aromatic heterocycles. The zero-order chi connectivity index (χ0) is 21.1. The fourth-order valence-corrected chi connectivity index (χ4v) is 4.86. The van der Waals surface area contributed by atoms with Crippen LogP contribution in [0, 0.1) is 11.3 Å². The lowest BCUT2D eigenvalue weighted by molar-refractivity contribution is -0.132. The van der Waals surface area contributed by atoms with E-state index < -0.39 is 12.1 Å². The van der Waals surface area contributed by atoms with Crippen LogP contribution >= 0.6 is 11.3 Å². The highest BCUT2D eigenvalue weighted by Crippen LogP contribution is 2.36. The quantitative estimate of drug-likeness (QED) is 0.765. The summed E-state index contributed by atoms with van der Waals surface area (Å²) in [5.74, 6) is -0.173. The summed E-state index contributed by atoms with van der Waals surface area (Å²) in [7, 11) is 1.81. The molecule has 0 aliphatic carbocycles. The van der Waals surface area contributed by atoms with Crippen LogP contribution < -0.4 is 10.6 Å². The molecule has 7 nitrogen and oxygen atoms in total. The summed E-state index contributed by atoms with van der Waals surface area (Å²) in [6, 6.07) is 11.6. The Labute approximate surface area is 179 Å². The minimum Gasteiger partial charge on any atom is -0.367 e. The molecule has 2 atom stereocenters. The first kappa shape index (κ1) is 20.5. The summed E-state index contributed by atoms with van der Waals surface area (Å²) in [5.41, 5.74) is 3.09. The van der Waals surface area contributed by atoms with E-state index in [9.17, 15) is 14.9 Å². The van der Waals surface area contributed by atoms with Crippen LogP contribution in [0.5, 0.6) is 0 Å². The van der Waals surface area contributed by atoms with Crippen LogP contribution in [0.3, 0.4) is 0 Å². The van der Waals surface area contributed by atoms with Gasteiger partial charge in [0.25, 0.3) is 11.8 Å². The number of amides is 2. The van der Waals surface area contributed by atoms with Crippen molar-refractivity contribution < 1.29 is 14.3 Å². The number of ether oxygens (including phenoxy) is 1. The molecular weight excluding hydrogens is 400 g/mol. The van der Waals surface area contributed by atoms with Crippen molar-refractivity contribution in [3.05, 3.63) is 46.3 Å². The van der Waals surface area contributed by atoms with E-state index in [1.165, 1.54) is 11.3 Å².